The molecule has 0 fully saturated rings. The first kappa shape index (κ1) is 13.5. The van der Waals surface area contributed by atoms with E-state index >= 15 is 0 Å². The quantitative estimate of drug-likeness (QED) is 0.883. The Morgan fingerprint density at radius 1 is 1.47 bits per heavy atom. The second-order valence-corrected chi connectivity index (χ2v) is 4.90. The lowest BCUT2D eigenvalue weighted by Crippen LogP contribution is -2.29. The van der Waals surface area contributed by atoms with Crippen molar-refractivity contribution in [1.29, 1.82) is 0 Å². The first-order valence-corrected chi connectivity index (χ1v) is 6.26. The van der Waals surface area contributed by atoms with Gasteiger partial charge in [-0.15, -0.1) is 5.10 Å². The Bertz CT molecular complexity index is 591. The maximum atomic E-state index is 10.9. The molecule has 0 spiro atoms. The number of likely N-dealkylation sites (N-methyl/N-ethyl adjacent to an activating group) is 1. The summed E-state index contributed by atoms with van der Waals surface area (Å²) in [5.41, 5.74) is 1.72. The molecular weight excluding hydrogens is 244 g/mol. The lowest BCUT2D eigenvalue weighted by molar-refractivity contribution is 0.0697. The summed E-state index contributed by atoms with van der Waals surface area (Å²) in [5, 5.41) is 17.0. The maximum absolute atomic E-state index is 10.9. The van der Waals surface area contributed by atoms with E-state index in [0.29, 0.717) is 11.6 Å². The molecule has 1 N–H and O–H groups in total. The van der Waals surface area contributed by atoms with Crippen molar-refractivity contribution < 1.29 is 9.90 Å². The Labute approximate surface area is 111 Å². The highest BCUT2D eigenvalue weighted by Gasteiger charge is 2.10. The molecule has 0 atom stereocenters. The van der Waals surface area contributed by atoms with Gasteiger partial charge in [0.15, 0.2) is 0 Å². The normalized spacial score (nSPS) is 11.6. The molecule has 0 radical (unpaired) electrons. The highest BCUT2D eigenvalue weighted by Crippen LogP contribution is 2.13. The highest BCUT2D eigenvalue weighted by atomic mass is 16.4. The van der Waals surface area contributed by atoms with Crippen LogP contribution >= 0.6 is 0 Å². The summed E-state index contributed by atoms with van der Waals surface area (Å²) >= 11 is 0. The minimum atomic E-state index is -0.948. The van der Waals surface area contributed by atoms with Gasteiger partial charge in [-0.25, -0.2) is 9.48 Å². The number of carboxylic acids is 1. The molecular formula is C13H18N4O2. The number of hydrogen-bond donors (Lipinski definition) is 1. The topological polar surface area (TPSA) is 71.2 Å². The summed E-state index contributed by atoms with van der Waals surface area (Å²) in [7, 11) is 2.06. The molecule has 0 unspecified atom stereocenters. The van der Waals surface area contributed by atoms with Gasteiger partial charge in [0.2, 0.25) is 0 Å². The SMILES string of the molecule is CC(C)N(C)CCn1nnc2cc(C(=O)O)ccc21. The van der Waals surface area contributed by atoms with Crippen LogP contribution < -0.4 is 0 Å². The molecule has 19 heavy (non-hydrogen) atoms. The summed E-state index contributed by atoms with van der Waals surface area (Å²) in [4.78, 5) is 13.1. The van der Waals surface area contributed by atoms with Gasteiger partial charge in [-0.05, 0) is 39.1 Å². The van der Waals surface area contributed by atoms with Crippen molar-refractivity contribution in [3.8, 4) is 0 Å². The van der Waals surface area contributed by atoms with Crippen LogP contribution in [0.1, 0.15) is 24.2 Å². The first-order valence-electron chi connectivity index (χ1n) is 6.26. The summed E-state index contributed by atoms with van der Waals surface area (Å²) in [6.07, 6.45) is 0. The number of aromatic carboxylic acids is 1. The zero-order valence-electron chi connectivity index (χ0n) is 11.4. The van der Waals surface area contributed by atoms with E-state index in [0.717, 1.165) is 18.6 Å². The van der Waals surface area contributed by atoms with Gasteiger partial charge in [0.25, 0.3) is 0 Å². The van der Waals surface area contributed by atoms with Crippen LogP contribution in [0.3, 0.4) is 0 Å². The van der Waals surface area contributed by atoms with E-state index in [1.165, 1.54) is 0 Å². The van der Waals surface area contributed by atoms with Crippen molar-refractivity contribution in [2.45, 2.75) is 26.4 Å². The third kappa shape index (κ3) is 2.90. The average Bonchev–Trinajstić information content (AvgIpc) is 2.77. The second-order valence-electron chi connectivity index (χ2n) is 4.90. The van der Waals surface area contributed by atoms with Crippen LogP contribution in [0.2, 0.25) is 0 Å². The van der Waals surface area contributed by atoms with Crippen LogP contribution in [0.25, 0.3) is 11.0 Å². The van der Waals surface area contributed by atoms with Crippen molar-refractivity contribution in [2.24, 2.45) is 0 Å². The smallest absolute Gasteiger partial charge is 0.335 e. The van der Waals surface area contributed by atoms with Gasteiger partial charge in [-0.1, -0.05) is 5.21 Å². The number of carbonyl (C=O) groups is 1. The number of carboxylic acid groups (broad SMARTS) is 1. The standard InChI is InChI=1S/C13H18N4O2/c1-9(2)16(3)6-7-17-12-5-4-10(13(18)19)8-11(12)14-15-17/h4-5,8-9H,6-7H2,1-3H3,(H,18,19). The van der Waals surface area contributed by atoms with Crippen LogP contribution in [0.15, 0.2) is 18.2 Å². The summed E-state index contributed by atoms with van der Waals surface area (Å²) in [6.45, 7) is 5.88. The number of fused-ring (bicyclic) bond motifs is 1. The third-order valence-electron chi connectivity index (χ3n) is 3.31. The number of benzene rings is 1. The van der Waals surface area contributed by atoms with E-state index in [1.54, 1.807) is 22.9 Å². The minimum Gasteiger partial charge on any atom is -0.478 e. The van der Waals surface area contributed by atoms with Crippen LogP contribution in [0.5, 0.6) is 0 Å². The Kier molecular flexibility index (Phi) is 3.80. The second kappa shape index (κ2) is 5.36. The van der Waals surface area contributed by atoms with Crippen LogP contribution in [0.4, 0.5) is 0 Å². The Balaban J connectivity index is 2.19. The monoisotopic (exact) mass is 262 g/mol. The van der Waals surface area contributed by atoms with Crippen molar-refractivity contribution in [3.05, 3.63) is 23.8 Å². The summed E-state index contributed by atoms with van der Waals surface area (Å²) in [5.74, 6) is -0.948. The van der Waals surface area contributed by atoms with E-state index in [4.69, 9.17) is 5.11 Å². The molecule has 0 saturated carbocycles. The summed E-state index contributed by atoms with van der Waals surface area (Å²) in [6, 6.07) is 5.37. The van der Waals surface area contributed by atoms with Crippen LogP contribution in [0, 0.1) is 0 Å². The van der Waals surface area contributed by atoms with Gasteiger partial charge in [-0.2, -0.15) is 0 Å². The number of hydrogen-bond acceptors (Lipinski definition) is 4. The molecule has 1 aromatic carbocycles. The minimum absolute atomic E-state index is 0.235. The number of rotatable bonds is 5. The van der Waals surface area contributed by atoms with Crippen molar-refractivity contribution in [3.63, 3.8) is 0 Å². The fourth-order valence-corrected chi connectivity index (χ4v) is 1.78. The van der Waals surface area contributed by atoms with E-state index in [2.05, 4.69) is 36.1 Å². The number of nitrogens with zero attached hydrogens (tertiary/aromatic N) is 4. The molecule has 0 bridgehead atoms. The van der Waals surface area contributed by atoms with Crippen molar-refractivity contribution in [2.75, 3.05) is 13.6 Å². The fourth-order valence-electron chi connectivity index (χ4n) is 1.78. The van der Waals surface area contributed by atoms with E-state index in [9.17, 15) is 4.79 Å². The largest absolute Gasteiger partial charge is 0.478 e. The lowest BCUT2D eigenvalue weighted by atomic mass is 10.2. The van der Waals surface area contributed by atoms with E-state index in [-0.39, 0.29) is 5.56 Å². The van der Waals surface area contributed by atoms with Crippen LogP contribution in [-0.4, -0.2) is 50.6 Å². The Hall–Kier alpha value is -1.95. The molecule has 0 aliphatic rings. The third-order valence-corrected chi connectivity index (χ3v) is 3.31. The van der Waals surface area contributed by atoms with E-state index in [1.807, 2.05) is 0 Å². The maximum Gasteiger partial charge on any atom is 0.335 e. The van der Waals surface area contributed by atoms with Gasteiger partial charge in [0.1, 0.15) is 5.52 Å². The lowest BCUT2D eigenvalue weighted by Gasteiger charge is -2.20. The molecule has 2 aromatic rings. The highest BCUT2D eigenvalue weighted by molar-refractivity contribution is 5.92. The molecule has 6 nitrogen and oxygen atoms in total. The molecule has 1 aromatic heterocycles. The molecule has 0 aliphatic heterocycles. The number of aromatic nitrogens is 3. The average molecular weight is 262 g/mol. The Morgan fingerprint density at radius 2 is 2.21 bits per heavy atom. The molecule has 102 valence electrons. The van der Waals surface area contributed by atoms with Gasteiger partial charge in [0.05, 0.1) is 17.6 Å². The predicted octanol–water partition coefficient (Wildman–Crippen LogP) is 1.47. The Morgan fingerprint density at radius 3 is 2.84 bits per heavy atom. The van der Waals surface area contributed by atoms with Gasteiger partial charge < -0.3 is 10.0 Å². The molecule has 0 aliphatic carbocycles. The first-order chi connectivity index (χ1) is 8.99. The van der Waals surface area contributed by atoms with Gasteiger partial charge in [-0.3, -0.25) is 0 Å². The predicted molar refractivity (Wildman–Crippen MR) is 72.3 cm³/mol. The molecule has 6 heteroatoms. The zero-order valence-corrected chi connectivity index (χ0v) is 11.4. The summed E-state index contributed by atoms with van der Waals surface area (Å²) < 4.78 is 1.81. The van der Waals surface area contributed by atoms with Crippen molar-refractivity contribution >= 4 is 17.0 Å². The molecule has 2 rings (SSSR count). The fraction of sp³-hybridized carbons (Fsp3) is 0.462. The molecule has 0 amide bonds. The van der Waals surface area contributed by atoms with Crippen LogP contribution in [-0.2, 0) is 6.54 Å². The zero-order chi connectivity index (χ0) is 14.0. The van der Waals surface area contributed by atoms with E-state index < -0.39 is 5.97 Å². The molecule has 0 saturated heterocycles. The van der Waals surface area contributed by atoms with Crippen molar-refractivity contribution in [1.82, 2.24) is 19.9 Å². The molecule has 1 heterocycles. The van der Waals surface area contributed by atoms with Gasteiger partial charge in [0, 0.05) is 12.6 Å². The van der Waals surface area contributed by atoms with Gasteiger partial charge >= 0.3 is 5.97 Å².